The van der Waals surface area contributed by atoms with Crippen LogP contribution in [0.15, 0.2) is 24.5 Å². The van der Waals surface area contributed by atoms with Gasteiger partial charge in [0.25, 0.3) is 0 Å². The molecule has 2 rings (SSSR count). The molecule has 5 nitrogen and oxygen atoms in total. The summed E-state index contributed by atoms with van der Waals surface area (Å²) < 4.78 is 5.26. The molecule has 0 aliphatic carbocycles. The summed E-state index contributed by atoms with van der Waals surface area (Å²) in [6, 6.07) is 5.87. The summed E-state index contributed by atoms with van der Waals surface area (Å²) in [6.07, 6.45) is 1.12. The van der Waals surface area contributed by atoms with Crippen LogP contribution in [-0.4, -0.2) is 27.4 Å². The average molecular weight is 233 g/mol. The standard InChI is InChI=1S/C12H15N3O2/c1-8-3-4-11(17-2)9(5-8)6-10(16)12-13-7-14-15-12/h3-5,7,10,16H,6H2,1-2H3,(H,13,14,15). The fourth-order valence-corrected chi connectivity index (χ4v) is 1.75. The molecule has 0 aliphatic rings. The molecule has 0 saturated carbocycles. The number of nitrogens with one attached hydrogen (secondary N) is 1. The SMILES string of the molecule is COc1ccc(C)cc1CC(O)c1ncn[nH]1. The average Bonchev–Trinajstić information content (AvgIpc) is 2.83. The van der Waals surface area contributed by atoms with E-state index in [1.54, 1.807) is 7.11 Å². The number of H-pyrrole nitrogens is 1. The van der Waals surface area contributed by atoms with Crippen molar-refractivity contribution in [3.05, 3.63) is 41.5 Å². The Kier molecular flexibility index (Phi) is 3.39. The van der Waals surface area contributed by atoms with Gasteiger partial charge < -0.3 is 9.84 Å². The van der Waals surface area contributed by atoms with Gasteiger partial charge in [-0.1, -0.05) is 17.7 Å². The summed E-state index contributed by atoms with van der Waals surface area (Å²) in [7, 11) is 1.62. The predicted molar refractivity (Wildman–Crippen MR) is 62.8 cm³/mol. The lowest BCUT2D eigenvalue weighted by Crippen LogP contribution is -2.05. The molecule has 1 unspecified atom stereocenters. The van der Waals surface area contributed by atoms with E-state index in [1.165, 1.54) is 6.33 Å². The second kappa shape index (κ2) is 4.97. The van der Waals surface area contributed by atoms with E-state index in [0.717, 1.165) is 16.9 Å². The number of aliphatic hydroxyl groups is 1. The van der Waals surface area contributed by atoms with E-state index in [2.05, 4.69) is 15.2 Å². The second-order valence-electron chi connectivity index (χ2n) is 3.91. The van der Waals surface area contributed by atoms with Crippen LogP contribution in [0.5, 0.6) is 5.75 Å². The smallest absolute Gasteiger partial charge is 0.153 e. The largest absolute Gasteiger partial charge is 0.496 e. The van der Waals surface area contributed by atoms with Crippen LogP contribution in [0.2, 0.25) is 0 Å². The van der Waals surface area contributed by atoms with Gasteiger partial charge >= 0.3 is 0 Å². The molecule has 1 atom stereocenters. The molecular weight excluding hydrogens is 218 g/mol. The van der Waals surface area contributed by atoms with Crippen molar-refractivity contribution in [3.63, 3.8) is 0 Å². The lowest BCUT2D eigenvalue weighted by atomic mass is 10.0. The molecular formula is C12H15N3O2. The van der Waals surface area contributed by atoms with Gasteiger partial charge in [0.15, 0.2) is 5.82 Å². The number of hydrogen-bond donors (Lipinski definition) is 2. The maximum absolute atomic E-state index is 9.98. The van der Waals surface area contributed by atoms with Crippen LogP contribution in [0.1, 0.15) is 23.1 Å². The number of hydrogen-bond acceptors (Lipinski definition) is 4. The minimum Gasteiger partial charge on any atom is -0.496 e. The molecule has 17 heavy (non-hydrogen) atoms. The van der Waals surface area contributed by atoms with E-state index in [4.69, 9.17) is 4.74 Å². The number of aryl methyl sites for hydroxylation is 1. The Hall–Kier alpha value is -1.88. The van der Waals surface area contributed by atoms with Crippen LogP contribution in [-0.2, 0) is 6.42 Å². The number of aromatic nitrogens is 3. The van der Waals surface area contributed by atoms with Crippen molar-refractivity contribution in [2.24, 2.45) is 0 Å². The van der Waals surface area contributed by atoms with Gasteiger partial charge in [-0.15, -0.1) is 0 Å². The van der Waals surface area contributed by atoms with Crippen molar-refractivity contribution < 1.29 is 9.84 Å². The van der Waals surface area contributed by atoms with Crippen LogP contribution >= 0.6 is 0 Å². The molecule has 1 aromatic heterocycles. The highest BCUT2D eigenvalue weighted by Gasteiger charge is 2.14. The maximum atomic E-state index is 9.98. The van der Waals surface area contributed by atoms with Crippen molar-refractivity contribution in [2.45, 2.75) is 19.4 Å². The van der Waals surface area contributed by atoms with Crippen LogP contribution in [0.25, 0.3) is 0 Å². The Labute approximate surface area is 99.5 Å². The van der Waals surface area contributed by atoms with E-state index in [1.807, 2.05) is 25.1 Å². The summed E-state index contributed by atoms with van der Waals surface area (Å²) in [5.41, 5.74) is 2.09. The quantitative estimate of drug-likeness (QED) is 0.837. The highest BCUT2D eigenvalue weighted by atomic mass is 16.5. The van der Waals surface area contributed by atoms with Crippen molar-refractivity contribution in [1.29, 1.82) is 0 Å². The third kappa shape index (κ3) is 2.62. The molecule has 1 heterocycles. The first kappa shape index (κ1) is 11.6. The van der Waals surface area contributed by atoms with Crippen molar-refractivity contribution >= 4 is 0 Å². The Morgan fingerprint density at radius 2 is 2.29 bits per heavy atom. The topological polar surface area (TPSA) is 71.0 Å². The van der Waals surface area contributed by atoms with E-state index in [0.29, 0.717) is 12.2 Å². The Bertz CT molecular complexity index is 483. The Morgan fingerprint density at radius 1 is 1.47 bits per heavy atom. The predicted octanol–water partition coefficient (Wildman–Crippen LogP) is 1.40. The first-order chi connectivity index (χ1) is 8.20. The zero-order valence-corrected chi connectivity index (χ0v) is 9.84. The highest BCUT2D eigenvalue weighted by molar-refractivity contribution is 5.37. The summed E-state index contributed by atoms with van der Waals surface area (Å²) >= 11 is 0. The molecule has 2 aromatic rings. The number of aliphatic hydroxyl groups excluding tert-OH is 1. The van der Waals surface area contributed by atoms with Gasteiger partial charge in [0, 0.05) is 6.42 Å². The molecule has 1 aromatic carbocycles. The van der Waals surface area contributed by atoms with E-state index >= 15 is 0 Å². The maximum Gasteiger partial charge on any atom is 0.153 e. The normalized spacial score (nSPS) is 12.4. The zero-order chi connectivity index (χ0) is 12.3. The van der Waals surface area contributed by atoms with Crippen LogP contribution in [0.3, 0.4) is 0 Å². The van der Waals surface area contributed by atoms with Gasteiger partial charge in [0.2, 0.25) is 0 Å². The number of benzene rings is 1. The van der Waals surface area contributed by atoms with Crippen LogP contribution < -0.4 is 4.74 Å². The lowest BCUT2D eigenvalue weighted by molar-refractivity contribution is 0.167. The molecule has 0 radical (unpaired) electrons. The molecule has 0 bridgehead atoms. The number of rotatable bonds is 4. The fraction of sp³-hybridized carbons (Fsp3) is 0.333. The van der Waals surface area contributed by atoms with Crippen molar-refractivity contribution in [3.8, 4) is 5.75 Å². The van der Waals surface area contributed by atoms with Gasteiger partial charge in [-0.05, 0) is 18.6 Å². The van der Waals surface area contributed by atoms with E-state index in [-0.39, 0.29) is 0 Å². The summed E-state index contributed by atoms with van der Waals surface area (Å²) in [5, 5.41) is 16.4. The summed E-state index contributed by atoms with van der Waals surface area (Å²) in [6.45, 7) is 2.00. The molecule has 0 spiro atoms. The Balaban J connectivity index is 2.20. The van der Waals surface area contributed by atoms with Gasteiger partial charge in [0.05, 0.1) is 7.11 Å². The van der Waals surface area contributed by atoms with Gasteiger partial charge in [0.1, 0.15) is 18.2 Å². The third-order valence-electron chi connectivity index (χ3n) is 2.60. The van der Waals surface area contributed by atoms with E-state index in [9.17, 15) is 5.11 Å². The minimum absolute atomic E-state index is 0.444. The van der Waals surface area contributed by atoms with Gasteiger partial charge in [-0.25, -0.2) is 4.98 Å². The lowest BCUT2D eigenvalue weighted by Gasteiger charge is -2.12. The molecule has 0 fully saturated rings. The second-order valence-corrected chi connectivity index (χ2v) is 3.91. The monoisotopic (exact) mass is 233 g/mol. The third-order valence-corrected chi connectivity index (χ3v) is 2.60. The summed E-state index contributed by atoms with van der Waals surface area (Å²) in [4.78, 5) is 3.93. The molecule has 5 heteroatoms. The first-order valence-electron chi connectivity index (χ1n) is 5.37. The van der Waals surface area contributed by atoms with Crippen molar-refractivity contribution in [2.75, 3.05) is 7.11 Å². The molecule has 2 N–H and O–H groups in total. The minimum atomic E-state index is -0.701. The van der Waals surface area contributed by atoms with Crippen molar-refractivity contribution in [1.82, 2.24) is 15.2 Å². The zero-order valence-electron chi connectivity index (χ0n) is 9.84. The highest BCUT2D eigenvalue weighted by Crippen LogP contribution is 2.24. The number of methoxy groups -OCH3 is 1. The van der Waals surface area contributed by atoms with Gasteiger partial charge in [-0.3, -0.25) is 5.10 Å². The number of ether oxygens (including phenoxy) is 1. The molecule has 90 valence electrons. The number of nitrogens with zero attached hydrogens (tertiary/aromatic N) is 2. The Morgan fingerprint density at radius 3 is 2.94 bits per heavy atom. The summed E-state index contributed by atoms with van der Waals surface area (Å²) in [5.74, 6) is 1.24. The fourth-order valence-electron chi connectivity index (χ4n) is 1.75. The van der Waals surface area contributed by atoms with E-state index < -0.39 is 6.10 Å². The number of aromatic amines is 1. The molecule has 0 aliphatic heterocycles. The molecule has 0 saturated heterocycles. The van der Waals surface area contributed by atoms with Crippen LogP contribution in [0, 0.1) is 6.92 Å². The first-order valence-corrected chi connectivity index (χ1v) is 5.37. The van der Waals surface area contributed by atoms with Gasteiger partial charge in [-0.2, -0.15) is 5.10 Å². The molecule has 0 amide bonds. The van der Waals surface area contributed by atoms with Crippen LogP contribution in [0.4, 0.5) is 0 Å².